The zero-order valence-electron chi connectivity index (χ0n) is 18.3. The van der Waals surface area contributed by atoms with Gasteiger partial charge in [0.2, 0.25) is 0 Å². The van der Waals surface area contributed by atoms with Crippen molar-refractivity contribution >= 4 is 16.8 Å². The molecule has 1 saturated heterocycles. The number of amides is 1. The Bertz CT molecular complexity index is 1270. The highest BCUT2D eigenvalue weighted by Gasteiger charge is 2.28. The van der Waals surface area contributed by atoms with Crippen LogP contribution in [0.2, 0.25) is 0 Å². The minimum atomic E-state index is -0.582. The Labute approximate surface area is 185 Å². The molecule has 0 unspecified atom stereocenters. The van der Waals surface area contributed by atoms with Crippen molar-refractivity contribution in [2.24, 2.45) is 0 Å². The lowest BCUT2D eigenvalue weighted by Crippen LogP contribution is -2.53. The number of aromatic amines is 1. The summed E-state index contributed by atoms with van der Waals surface area (Å²) in [5, 5.41) is 0.393. The maximum Gasteiger partial charge on any atom is 0.329 e. The second-order valence-electron chi connectivity index (χ2n) is 8.31. The third-order valence-corrected chi connectivity index (χ3v) is 6.07. The number of carbonyl (C=O) groups is 1. The standard InChI is InChI=1S/C24H27FN4O3/c1-3-10-27-11-12-28(14-16(27)2)23(31)19-13-17(8-9-20(19)25)15-29-21-7-5-4-6-18(21)22(30)26-24(29)32/h4-9,13,16H,3,10-12,14-15H2,1-2H3,(H,26,30,32)/t16-/m0/s1. The van der Waals surface area contributed by atoms with Crippen molar-refractivity contribution < 1.29 is 9.18 Å². The van der Waals surface area contributed by atoms with Crippen LogP contribution >= 0.6 is 0 Å². The number of piperazine rings is 1. The van der Waals surface area contributed by atoms with Gasteiger partial charge in [-0.1, -0.05) is 25.1 Å². The van der Waals surface area contributed by atoms with Crippen LogP contribution in [0.15, 0.2) is 52.1 Å². The van der Waals surface area contributed by atoms with E-state index in [0.29, 0.717) is 29.6 Å². The first kappa shape index (κ1) is 22.0. The quantitative estimate of drug-likeness (QED) is 0.664. The number of nitrogens with one attached hydrogen (secondary N) is 1. The predicted molar refractivity (Wildman–Crippen MR) is 122 cm³/mol. The van der Waals surface area contributed by atoms with E-state index in [1.165, 1.54) is 16.7 Å². The van der Waals surface area contributed by atoms with E-state index in [9.17, 15) is 18.8 Å². The fourth-order valence-electron chi connectivity index (χ4n) is 4.39. The molecular formula is C24H27FN4O3. The van der Waals surface area contributed by atoms with Gasteiger partial charge in [-0.25, -0.2) is 9.18 Å². The van der Waals surface area contributed by atoms with Crippen molar-refractivity contribution in [2.45, 2.75) is 32.9 Å². The maximum atomic E-state index is 14.6. The highest BCUT2D eigenvalue weighted by Crippen LogP contribution is 2.18. The molecule has 1 aliphatic heterocycles. The predicted octanol–water partition coefficient (Wildman–Crippen LogP) is 2.43. The molecule has 32 heavy (non-hydrogen) atoms. The van der Waals surface area contributed by atoms with E-state index in [1.54, 1.807) is 35.2 Å². The second-order valence-corrected chi connectivity index (χ2v) is 8.31. The van der Waals surface area contributed by atoms with Crippen LogP contribution in [-0.2, 0) is 6.54 Å². The SMILES string of the molecule is CCCN1CCN(C(=O)c2cc(Cn3c(=O)[nH]c(=O)c4ccccc43)ccc2F)C[C@@H]1C. The number of aromatic nitrogens is 2. The van der Waals surface area contributed by atoms with Gasteiger partial charge >= 0.3 is 5.69 Å². The van der Waals surface area contributed by atoms with Crippen LogP contribution in [-0.4, -0.2) is 57.5 Å². The van der Waals surface area contributed by atoms with Crippen LogP contribution in [0.5, 0.6) is 0 Å². The van der Waals surface area contributed by atoms with Gasteiger partial charge in [-0.15, -0.1) is 0 Å². The van der Waals surface area contributed by atoms with Gasteiger partial charge in [0.25, 0.3) is 11.5 Å². The number of carbonyl (C=O) groups excluding carboxylic acids is 1. The highest BCUT2D eigenvalue weighted by atomic mass is 19.1. The van der Waals surface area contributed by atoms with Crippen molar-refractivity contribution in [3.63, 3.8) is 0 Å². The topological polar surface area (TPSA) is 78.4 Å². The first-order valence-electron chi connectivity index (χ1n) is 10.9. The number of hydrogen-bond acceptors (Lipinski definition) is 4. The van der Waals surface area contributed by atoms with Gasteiger partial charge in [0.15, 0.2) is 0 Å². The molecule has 0 spiro atoms. The minimum absolute atomic E-state index is 0.000390. The molecule has 4 rings (SSSR count). The molecular weight excluding hydrogens is 411 g/mol. The van der Waals surface area contributed by atoms with Crippen molar-refractivity contribution in [3.8, 4) is 0 Å². The third-order valence-electron chi connectivity index (χ3n) is 6.07. The summed E-state index contributed by atoms with van der Waals surface area (Å²) in [5.74, 6) is -0.924. The number of halogens is 1. The Morgan fingerprint density at radius 2 is 1.94 bits per heavy atom. The smallest absolute Gasteiger partial charge is 0.329 e. The minimum Gasteiger partial charge on any atom is -0.336 e. The normalized spacial score (nSPS) is 17.1. The van der Waals surface area contributed by atoms with E-state index in [2.05, 4.69) is 23.7 Å². The van der Waals surface area contributed by atoms with E-state index in [-0.39, 0.29) is 24.1 Å². The lowest BCUT2D eigenvalue weighted by Gasteiger charge is -2.39. The van der Waals surface area contributed by atoms with Gasteiger partial charge in [-0.05, 0) is 49.7 Å². The molecule has 0 bridgehead atoms. The van der Waals surface area contributed by atoms with Gasteiger partial charge in [0.1, 0.15) is 5.82 Å². The molecule has 1 N–H and O–H groups in total. The van der Waals surface area contributed by atoms with Crippen LogP contribution in [0.4, 0.5) is 4.39 Å². The summed E-state index contributed by atoms with van der Waals surface area (Å²) in [7, 11) is 0. The second kappa shape index (κ2) is 9.08. The Kier molecular flexibility index (Phi) is 6.23. The summed E-state index contributed by atoms with van der Waals surface area (Å²) in [6.07, 6.45) is 1.05. The van der Waals surface area contributed by atoms with E-state index in [4.69, 9.17) is 0 Å². The zero-order valence-corrected chi connectivity index (χ0v) is 18.3. The van der Waals surface area contributed by atoms with E-state index in [1.807, 2.05) is 0 Å². The van der Waals surface area contributed by atoms with Crippen LogP contribution < -0.4 is 11.2 Å². The lowest BCUT2D eigenvalue weighted by atomic mass is 10.1. The van der Waals surface area contributed by atoms with Crippen molar-refractivity contribution in [1.29, 1.82) is 0 Å². The molecule has 0 saturated carbocycles. The van der Waals surface area contributed by atoms with E-state index in [0.717, 1.165) is 19.5 Å². The van der Waals surface area contributed by atoms with E-state index >= 15 is 0 Å². The molecule has 1 atom stereocenters. The average Bonchev–Trinajstić information content (AvgIpc) is 2.78. The summed E-state index contributed by atoms with van der Waals surface area (Å²) >= 11 is 0. The third kappa shape index (κ3) is 4.23. The number of rotatable bonds is 5. The summed E-state index contributed by atoms with van der Waals surface area (Å²) < 4.78 is 16.0. The first-order chi connectivity index (χ1) is 15.4. The fourth-order valence-corrected chi connectivity index (χ4v) is 4.39. The largest absolute Gasteiger partial charge is 0.336 e. The van der Waals surface area contributed by atoms with Crippen LogP contribution in [0.3, 0.4) is 0 Å². The monoisotopic (exact) mass is 438 g/mol. The van der Waals surface area contributed by atoms with Gasteiger partial charge < -0.3 is 4.90 Å². The molecule has 1 fully saturated rings. The van der Waals surface area contributed by atoms with Gasteiger partial charge in [0, 0.05) is 25.7 Å². The van der Waals surface area contributed by atoms with Crippen molar-refractivity contribution in [3.05, 3.63) is 80.2 Å². The van der Waals surface area contributed by atoms with Gasteiger partial charge in [-0.2, -0.15) is 0 Å². The molecule has 0 radical (unpaired) electrons. The molecule has 1 amide bonds. The summed E-state index contributed by atoms with van der Waals surface area (Å²) in [5.41, 5.74) is 0.0893. The number of benzene rings is 2. The molecule has 168 valence electrons. The van der Waals surface area contributed by atoms with Crippen LogP contribution in [0.1, 0.15) is 36.2 Å². The number of para-hydroxylation sites is 1. The number of hydrogen-bond donors (Lipinski definition) is 1. The first-order valence-corrected chi connectivity index (χ1v) is 10.9. The van der Waals surface area contributed by atoms with Gasteiger partial charge in [-0.3, -0.25) is 24.0 Å². The molecule has 8 heteroatoms. The molecule has 3 aromatic rings. The molecule has 2 heterocycles. The lowest BCUT2D eigenvalue weighted by molar-refractivity contribution is 0.0511. The summed E-state index contributed by atoms with van der Waals surface area (Å²) in [4.78, 5) is 44.0. The zero-order chi connectivity index (χ0) is 22.8. The number of H-pyrrole nitrogens is 1. The fraction of sp³-hybridized carbons (Fsp3) is 0.375. The molecule has 1 aromatic heterocycles. The highest BCUT2D eigenvalue weighted by molar-refractivity contribution is 5.94. The van der Waals surface area contributed by atoms with Crippen LogP contribution in [0.25, 0.3) is 10.9 Å². The summed E-state index contributed by atoms with van der Waals surface area (Å²) in [6.45, 7) is 7.16. The number of nitrogens with zero attached hydrogens (tertiary/aromatic N) is 3. The summed E-state index contributed by atoms with van der Waals surface area (Å²) in [6, 6.07) is 11.3. The molecule has 1 aliphatic rings. The Hall–Kier alpha value is -3.26. The Morgan fingerprint density at radius 3 is 2.69 bits per heavy atom. The van der Waals surface area contributed by atoms with E-state index < -0.39 is 17.1 Å². The molecule has 2 aromatic carbocycles. The van der Waals surface area contributed by atoms with Gasteiger partial charge in [0.05, 0.1) is 23.0 Å². The molecule has 7 nitrogen and oxygen atoms in total. The van der Waals surface area contributed by atoms with Crippen LogP contribution in [0, 0.1) is 5.82 Å². The Morgan fingerprint density at radius 1 is 1.16 bits per heavy atom. The maximum absolute atomic E-state index is 14.6. The van der Waals surface area contributed by atoms with Crippen molar-refractivity contribution in [2.75, 3.05) is 26.2 Å². The molecule has 0 aliphatic carbocycles. The number of fused-ring (bicyclic) bond motifs is 1. The average molecular weight is 439 g/mol. The Balaban J connectivity index is 1.62. The van der Waals surface area contributed by atoms with Crippen molar-refractivity contribution in [1.82, 2.24) is 19.4 Å².